The molecule has 1 aliphatic rings. The number of halogens is 1. The molecule has 1 aliphatic heterocycles. The molecule has 0 saturated carbocycles. The summed E-state index contributed by atoms with van der Waals surface area (Å²) in [5.41, 5.74) is 1.18. The minimum atomic E-state index is -0.579. The van der Waals surface area contributed by atoms with Gasteiger partial charge in [0.2, 0.25) is 5.91 Å². The molecule has 1 heterocycles. The van der Waals surface area contributed by atoms with E-state index in [9.17, 15) is 14.9 Å². The zero-order valence-corrected chi connectivity index (χ0v) is 16.6. The highest BCUT2D eigenvalue weighted by atomic mass is 35.5. The van der Waals surface area contributed by atoms with Crippen LogP contribution >= 0.6 is 11.6 Å². The number of rotatable bonds is 8. The first-order chi connectivity index (χ1) is 14.0. The van der Waals surface area contributed by atoms with Gasteiger partial charge in [0.1, 0.15) is 5.02 Å². The molecule has 1 saturated heterocycles. The van der Waals surface area contributed by atoms with Crippen LogP contribution in [0.15, 0.2) is 48.5 Å². The van der Waals surface area contributed by atoms with Gasteiger partial charge in [-0.2, -0.15) is 0 Å². The minimum absolute atomic E-state index is 0.0281. The number of anilines is 1. The van der Waals surface area contributed by atoms with Crippen molar-refractivity contribution < 1.29 is 14.5 Å². The Morgan fingerprint density at radius 3 is 2.62 bits per heavy atom. The van der Waals surface area contributed by atoms with Gasteiger partial charge in [-0.3, -0.25) is 19.8 Å². The molecule has 1 fully saturated rings. The maximum absolute atomic E-state index is 12.4. The number of hydrogen-bond acceptors (Lipinski definition) is 6. The van der Waals surface area contributed by atoms with Crippen molar-refractivity contribution in [1.82, 2.24) is 10.2 Å². The monoisotopic (exact) mass is 418 g/mol. The van der Waals surface area contributed by atoms with Crippen molar-refractivity contribution in [1.29, 1.82) is 0 Å². The van der Waals surface area contributed by atoms with Gasteiger partial charge in [-0.05, 0) is 17.7 Å². The fourth-order valence-electron chi connectivity index (χ4n) is 3.17. The normalized spacial score (nSPS) is 15.6. The van der Waals surface area contributed by atoms with Crippen molar-refractivity contribution >= 4 is 28.9 Å². The second kappa shape index (κ2) is 10.3. The molecule has 1 amide bonds. The van der Waals surface area contributed by atoms with Gasteiger partial charge < -0.3 is 15.4 Å². The quantitative estimate of drug-likeness (QED) is 0.505. The Morgan fingerprint density at radius 1 is 1.21 bits per heavy atom. The van der Waals surface area contributed by atoms with Crippen molar-refractivity contribution in [3.05, 3.63) is 69.2 Å². The standard InChI is InChI=1S/C20H23ClN4O4/c21-17-7-6-16(12-19(17)25(27)28)23-20(26)13-22-18(15-4-2-1-3-5-15)14-24-8-10-29-11-9-24/h1-7,12,18,22H,8-11,13-14H2,(H,23,26). The summed E-state index contributed by atoms with van der Waals surface area (Å²) in [5.74, 6) is -0.287. The van der Waals surface area contributed by atoms with Crippen LogP contribution in [-0.2, 0) is 9.53 Å². The number of ether oxygens (including phenoxy) is 1. The van der Waals surface area contributed by atoms with Crippen LogP contribution in [0.5, 0.6) is 0 Å². The van der Waals surface area contributed by atoms with Gasteiger partial charge >= 0.3 is 0 Å². The molecule has 0 aromatic heterocycles. The number of carbonyl (C=O) groups is 1. The summed E-state index contributed by atoms with van der Waals surface area (Å²) in [6, 6.07) is 14.1. The summed E-state index contributed by atoms with van der Waals surface area (Å²) in [6.45, 7) is 3.94. The van der Waals surface area contributed by atoms with Crippen LogP contribution in [0.3, 0.4) is 0 Å². The lowest BCUT2D eigenvalue weighted by atomic mass is 10.1. The average molecular weight is 419 g/mol. The lowest BCUT2D eigenvalue weighted by Gasteiger charge is -2.31. The van der Waals surface area contributed by atoms with E-state index < -0.39 is 4.92 Å². The zero-order valence-electron chi connectivity index (χ0n) is 15.8. The maximum atomic E-state index is 12.4. The molecule has 9 heteroatoms. The lowest BCUT2D eigenvalue weighted by Crippen LogP contribution is -2.43. The van der Waals surface area contributed by atoms with Crippen LogP contribution in [0.1, 0.15) is 11.6 Å². The van der Waals surface area contributed by atoms with E-state index in [4.69, 9.17) is 16.3 Å². The smallest absolute Gasteiger partial charge is 0.289 e. The number of morpholine rings is 1. The molecular weight excluding hydrogens is 396 g/mol. The summed E-state index contributed by atoms with van der Waals surface area (Å²) in [7, 11) is 0. The van der Waals surface area contributed by atoms with Gasteiger partial charge in [0.25, 0.3) is 5.69 Å². The molecule has 1 unspecified atom stereocenters. The van der Waals surface area contributed by atoms with E-state index in [0.717, 1.165) is 25.2 Å². The molecule has 8 nitrogen and oxygen atoms in total. The largest absolute Gasteiger partial charge is 0.379 e. The number of benzene rings is 2. The summed E-state index contributed by atoms with van der Waals surface area (Å²) in [4.78, 5) is 25.1. The third-order valence-corrected chi connectivity index (χ3v) is 5.00. The number of nitrogens with zero attached hydrogens (tertiary/aromatic N) is 2. The third-order valence-electron chi connectivity index (χ3n) is 4.68. The van der Waals surface area contributed by atoms with Crippen LogP contribution in [0.4, 0.5) is 11.4 Å². The molecule has 29 heavy (non-hydrogen) atoms. The predicted octanol–water partition coefficient (Wildman–Crippen LogP) is 2.85. The first kappa shape index (κ1) is 21.2. The molecule has 2 aromatic carbocycles. The number of nitro groups is 1. The number of carbonyl (C=O) groups excluding carboxylic acids is 1. The van der Waals surface area contributed by atoms with Gasteiger partial charge in [-0.1, -0.05) is 41.9 Å². The highest BCUT2D eigenvalue weighted by Crippen LogP contribution is 2.27. The van der Waals surface area contributed by atoms with E-state index in [0.29, 0.717) is 18.9 Å². The Balaban J connectivity index is 1.61. The van der Waals surface area contributed by atoms with Gasteiger partial charge in [-0.15, -0.1) is 0 Å². The van der Waals surface area contributed by atoms with Crippen molar-refractivity contribution in [3.63, 3.8) is 0 Å². The molecule has 0 aliphatic carbocycles. The van der Waals surface area contributed by atoms with Crippen LogP contribution in [0.25, 0.3) is 0 Å². The number of amides is 1. The van der Waals surface area contributed by atoms with Crippen molar-refractivity contribution in [2.24, 2.45) is 0 Å². The van der Waals surface area contributed by atoms with Crippen molar-refractivity contribution in [2.45, 2.75) is 6.04 Å². The Morgan fingerprint density at radius 2 is 1.93 bits per heavy atom. The summed E-state index contributed by atoms with van der Waals surface area (Å²) in [5, 5.41) is 17.0. The minimum Gasteiger partial charge on any atom is -0.379 e. The molecule has 2 N–H and O–H groups in total. The highest BCUT2D eigenvalue weighted by molar-refractivity contribution is 6.32. The summed E-state index contributed by atoms with van der Waals surface area (Å²) >= 11 is 5.81. The van der Waals surface area contributed by atoms with Crippen LogP contribution in [-0.4, -0.2) is 55.1 Å². The fourth-order valence-corrected chi connectivity index (χ4v) is 3.35. The van der Waals surface area contributed by atoms with E-state index in [1.807, 2.05) is 30.3 Å². The first-order valence-electron chi connectivity index (χ1n) is 9.35. The van der Waals surface area contributed by atoms with E-state index in [1.165, 1.54) is 18.2 Å². The first-order valence-corrected chi connectivity index (χ1v) is 9.73. The molecule has 0 bridgehead atoms. The van der Waals surface area contributed by atoms with Gasteiger partial charge in [0.15, 0.2) is 0 Å². The Kier molecular flexibility index (Phi) is 7.54. The second-order valence-corrected chi connectivity index (χ2v) is 7.14. The van der Waals surface area contributed by atoms with E-state index in [1.54, 1.807) is 0 Å². The molecule has 2 aromatic rings. The van der Waals surface area contributed by atoms with Crippen LogP contribution < -0.4 is 10.6 Å². The maximum Gasteiger partial charge on any atom is 0.289 e. The summed E-state index contributed by atoms with van der Waals surface area (Å²) < 4.78 is 5.40. The van der Waals surface area contributed by atoms with Crippen LogP contribution in [0.2, 0.25) is 5.02 Å². The zero-order chi connectivity index (χ0) is 20.6. The molecule has 3 rings (SSSR count). The van der Waals surface area contributed by atoms with Crippen LogP contribution in [0, 0.1) is 10.1 Å². The van der Waals surface area contributed by atoms with Gasteiger partial charge in [0.05, 0.1) is 24.7 Å². The molecule has 154 valence electrons. The van der Waals surface area contributed by atoms with Crippen molar-refractivity contribution in [2.75, 3.05) is 44.7 Å². The molecule has 0 radical (unpaired) electrons. The third kappa shape index (κ3) is 6.23. The number of hydrogen-bond donors (Lipinski definition) is 2. The summed E-state index contributed by atoms with van der Waals surface area (Å²) in [6.07, 6.45) is 0. The number of nitrogens with one attached hydrogen (secondary N) is 2. The lowest BCUT2D eigenvalue weighted by molar-refractivity contribution is -0.384. The Bertz CT molecular complexity index is 844. The predicted molar refractivity (Wildman–Crippen MR) is 111 cm³/mol. The topological polar surface area (TPSA) is 96.7 Å². The molecular formula is C20H23ClN4O4. The second-order valence-electron chi connectivity index (χ2n) is 6.73. The highest BCUT2D eigenvalue weighted by Gasteiger charge is 2.19. The van der Waals surface area contributed by atoms with Crippen molar-refractivity contribution in [3.8, 4) is 0 Å². The fraction of sp³-hybridized carbons (Fsp3) is 0.350. The number of nitro benzene ring substituents is 1. The van der Waals surface area contributed by atoms with E-state index in [2.05, 4.69) is 15.5 Å². The van der Waals surface area contributed by atoms with Gasteiger partial charge in [0, 0.05) is 37.4 Å². The van der Waals surface area contributed by atoms with E-state index >= 15 is 0 Å². The Labute approximate surface area is 173 Å². The van der Waals surface area contributed by atoms with E-state index in [-0.39, 0.29) is 29.2 Å². The Hall–Kier alpha value is -2.52. The molecule has 1 atom stereocenters. The average Bonchev–Trinajstić information content (AvgIpc) is 2.73. The molecule has 0 spiro atoms. The SMILES string of the molecule is O=C(CNC(CN1CCOCC1)c1ccccc1)Nc1ccc(Cl)c([N+](=O)[O-])c1. The van der Waals surface area contributed by atoms with Gasteiger partial charge in [-0.25, -0.2) is 0 Å².